The average Bonchev–Trinajstić information content (AvgIpc) is 3.86. The van der Waals surface area contributed by atoms with Crippen LogP contribution in [-0.4, -0.2) is 86.2 Å². The van der Waals surface area contributed by atoms with Crippen molar-refractivity contribution in [1.82, 2.24) is 39.8 Å². The smallest absolute Gasteiger partial charge is 0.360 e. The number of esters is 2. The van der Waals surface area contributed by atoms with Gasteiger partial charge in [0.1, 0.15) is 0 Å². The summed E-state index contributed by atoms with van der Waals surface area (Å²) < 4.78 is 46.9. The molecule has 2 aromatic carbocycles. The molecule has 6 rings (SSSR count). The highest BCUT2D eigenvalue weighted by Crippen LogP contribution is 2.16. The first-order valence-corrected chi connectivity index (χ1v) is 17.7. The summed E-state index contributed by atoms with van der Waals surface area (Å²) in [5, 5.41) is 20.1. The van der Waals surface area contributed by atoms with Crippen LogP contribution in [0.4, 0.5) is 0 Å². The van der Waals surface area contributed by atoms with E-state index >= 15 is 0 Å². The predicted octanol–water partition coefficient (Wildman–Crippen LogP) is 2.80. The summed E-state index contributed by atoms with van der Waals surface area (Å²) in [7, 11) is -3.46. The van der Waals surface area contributed by atoms with Crippen LogP contribution < -0.4 is 0 Å². The number of aromatic nitrogens is 8. The van der Waals surface area contributed by atoms with E-state index in [1.807, 2.05) is 28.9 Å². The molecule has 3 aromatic heterocycles. The molecule has 0 N–H and O–H groups in total. The Balaban J connectivity index is 0.000000197. The van der Waals surface area contributed by atoms with E-state index in [0.717, 1.165) is 48.2 Å². The van der Waals surface area contributed by atoms with Crippen LogP contribution in [0.1, 0.15) is 68.3 Å². The number of hydrogen-bond acceptors (Lipinski definition) is 13. The second-order valence-corrected chi connectivity index (χ2v) is 12.9. The SMILES string of the molecule is CCOC(=O)c1cn(Cc2ccc(COS(C)(=O)=O)cc2)nn1.CCOC(=O)c1cn(Cc2ccc(Cn3cc4c(n3)CCOC4)cc2)nn1. The third-order valence-corrected chi connectivity index (χ3v) is 7.78. The zero-order chi connectivity index (χ0) is 35.5. The average molecular weight is 707 g/mol. The number of fused-ring (bicyclic) bond motifs is 1. The molecule has 0 unspecified atom stereocenters. The fraction of sp³-hybridized carbons (Fsp3) is 0.364. The van der Waals surface area contributed by atoms with Crippen molar-refractivity contribution in [1.29, 1.82) is 0 Å². The highest BCUT2D eigenvalue weighted by atomic mass is 32.2. The van der Waals surface area contributed by atoms with E-state index in [1.165, 1.54) is 22.0 Å². The van der Waals surface area contributed by atoms with Gasteiger partial charge in [-0.3, -0.25) is 8.86 Å². The monoisotopic (exact) mass is 706 g/mol. The van der Waals surface area contributed by atoms with Crippen molar-refractivity contribution in [3.05, 3.63) is 112 Å². The van der Waals surface area contributed by atoms with E-state index in [9.17, 15) is 18.0 Å². The number of hydrogen-bond donors (Lipinski definition) is 0. The molecule has 0 amide bonds. The number of carbonyl (C=O) groups is 2. The summed E-state index contributed by atoms with van der Waals surface area (Å²) in [6.45, 7) is 7.17. The van der Waals surface area contributed by atoms with Crippen molar-refractivity contribution in [2.45, 2.75) is 53.1 Å². The van der Waals surface area contributed by atoms with Crippen LogP contribution in [0.3, 0.4) is 0 Å². The van der Waals surface area contributed by atoms with Gasteiger partial charge in [-0.25, -0.2) is 19.0 Å². The molecule has 4 heterocycles. The fourth-order valence-corrected chi connectivity index (χ4v) is 5.19. The molecule has 0 radical (unpaired) electrons. The quantitative estimate of drug-likeness (QED) is 0.129. The fourth-order valence-electron chi connectivity index (χ4n) is 4.84. The molecule has 0 saturated carbocycles. The van der Waals surface area contributed by atoms with Crippen LogP contribution in [0.5, 0.6) is 0 Å². The molecule has 0 saturated heterocycles. The van der Waals surface area contributed by atoms with Crippen molar-refractivity contribution in [2.24, 2.45) is 0 Å². The number of benzene rings is 2. The Morgan fingerprint density at radius 2 is 1.22 bits per heavy atom. The van der Waals surface area contributed by atoms with Crippen molar-refractivity contribution >= 4 is 22.1 Å². The largest absolute Gasteiger partial charge is 0.461 e. The van der Waals surface area contributed by atoms with Crippen molar-refractivity contribution in [3.8, 4) is 0 Å². The molecule has 0 aliphatic carbocycles. The van der Waals surface area contributed by atoms with E-state index in [2.05, 4.69) is 44.1 Å². The van der Waals surface area contributed by atoms with Gasteiger partial charge < -0.3 is 14.2 Å². The molecule has 0 bridgehead atoms. The lowest BCUT2D eigenvalue weighted by molar-refractivity contribution is 0.0510. The van der Waals surface area contributed by atoms with Gasteiger partial charge in [-0.2, -0.15) is 13.5 Å². The van der Waals surface area contributed by atoms with Crippen LogP contribution in [0.15, 0.2) is 67.1 Å². The molecular formula is C33H38N8O8S. The first-order chi connectivity index (χ1) is 24.1. The summed E-state index contributed by atoms with van der Waals surface area (Å²) in [5.41, 5.74) is 6.61. The molecule has 0 fully saturated rings. The lowest BCUT2D eigenvalue weighted by atomic mass is 10.1. The van der Waals surface area contributed by atoms with Crippen LogP contribution in [0.2, 0.25) is 0 Å². The lowest BCUT2D eigenvalue weighted by Crippen LogP contribution is -2.08. The zero-order valence-electron chi connectivity index (χ0n) is 28.0. The molecule has 0 atom stereocenters. The molecule has 5 aromatic rings. The van der Waals surface area contributed by atoms with Crippen molar-refractivity contribution < 1.29 is 36.4 Å². The van der Waals surface area contributed by atoms with E-state index in [1.54, 1.807) is 36.9 Å². The summed E-state index contributed by atoms with van der Waals surface area (Å²) in [6, 6.07) is 15.4. The standard InChI is InChI=1S/C19H21N5O3.C14H17N3O5S/c1-2-27-19(25)18-12-24(22-20-18)10-15-5-3-14(4-6-15)9-23-11-16-13-26-8-7-17(16)21-23;1-3-21-14(18)13-9-17(16-15-13)8-11-4-6-12(7-5-11)10-22-23(2,19)20/h3-6,11-12H,2,7-10,13H2,1H3;4-7,9H,3,8,10H2,1-2H3. The lowest BCUT2D eigenvalue weighted by Gasteiger charge is -2.08. The van der Waals surface area contributed by atoms with Crippen LogP contribution in [0.25, 0.3) is 0 Å². The molecule has 16 nitrogen and oxygen atoms in total. The minimum Gasteiger partial charge on any atom is -0.461 e. The number of ether oxygens (including phenoxy) is 3. The van der Waals surface area contributed by atoms with Crippen LogP contribution in [0, 0.1) is 0 Å². The van der Waals surface area contributed by atoms with E-state index in [4.69, 9.17) is 18.4 Å². The maximum absolute atomic E-state index is 11.6. The summed E-state index contributed by atoms with van der Waals surface area (Å²) in [4.78, 5) is 23.2. The Bertz CT molecular complexity index is 1960. The normalized spacial score (nSPS) is 12.5. The number of carbonyl (C=O) groups excluding carboxylic acids is 2. The van der Waals surface area contributed by atoms with Crippen molar-refractivity contribution in [3.63, 3.8) is 0 Å². The highest BCUT2D eigenvalue weighted by Gasteiger charge is 2.15. The Morgan fingerprint density at radius 3 is 1.68 bits per heavy atom. The molecule has 1 aliphatic heterocycles. The molecule has 50 heavy (non-hydrogen) atoms. The van der Waals surface area contributed by atoms with Gasteiger partial charge in [-0.05, 0) is 36.1 Å². The first kappa shape index (κ1) is 36.0. The number of rotatable bonds is 13. The molecule has 264 valence electrons. The van der Waals surface area contributed by atoms with Gasteiger partial charge in [0.05, 0.1) is 77.0 Å². The zero-order valence-corrected chi connectivity index (χ0v) is 28.8. The van der Waals surface area contributed by atoms with Gasteiger partial charge in [-0.15, -0.1) is 10.2 Å². The van der Waals surface area contributed by atoms with Gasteiger partial charge in [0.2, 0.25) is 0 Å². The van der Waals surface area contributed by atoms with Gasteiger partial charge in [-0.1, -0.05) is 59.0 Å². The minimum absolute atomic E-state index is 0.00452. The van der Waals surface area contributed by atoms with Crippen LogP contribution in [-0.2, 0) is 67.8 Å². The van der Waals surface area contributed by atoms with Crippen molar-refractivity contribution in [2.75, 3.05) is 26.1 Å². The molecule has 1 aliphatic rings. The second-order valence-electron chi connectivity index (χ2n) is 11.2. The van der Waals surface area contributed by atoms with Gasteiger partial charge in [0.15, 0.2) is 11.4 Å². The Kier molecular flexibility index (Phi) is 12.2. The number of nitrogens with zero attached hydrogens (tertiary/aromatic N) is 8. The minimum atomic E-state index is -3.46. The third kappa shape index (κ3) is 10.6. The highest BCUT2D eigenvalue weighted by molar-refractivity contribution is 7.85. The Hall–Kier alpha value is -5.26. The Labute approximate surface area is 289 Å². The van der Waals surface area contributed by atoms with Crippen LogP contribution >= 0.6 is 0 Å². The van der Waals surface area contributed by atoms with E-state index in [-0.39, 0.29) is 24.6 Å². The second kappa shape index (κ2) is 16.9. The topological polar surface area (TPSA) is 184 Å². The Morgan fingerprint density at radius 1 is 0.740 bits per heavy atom. The predicted molar refractivity (Wildman–Crippen MR) is 177 cm³/mol. The summed E-state index contributed by atoms with van der Waals surface area (Å²) in [5.74, 6) is -0.960. The molecule has 17 heteroatoms. The van der Waals surface area contributed by atoms with E-state index in [0.29, 0.717) is 26.3 Å². The molecule has 0 spiro atoms. The third-order valence-electron chi connectivity index (χ3n) is 7.23. The van der Waals surface area contributed by atoms with Gasteiger partial charge >= 0.3 is 11.9 Å². The molecular weight excluding hydrogens is 668 g/mol. The van der Waals surface area contributed by atoms with E-state index < -0.39 is 22.1 Å². The summed E-state index contributed by atoms with van der Waals surface area (Å²) in [6.07, 6.45) is 7.07. The van der Waals surface area contributed by atoms with Gasteiger partial charge in [0, 0.05) is 18.2 Å². The maximum atomic E-state index is 11.6. The summed E-state index contributed by atoms with van der Waals surface area (Å²) >= 11 is 0. The maximum Gasteiger partial charge on any atom is 0.360 e. The van der Waals surface area contributed by atoms with Gasteiger partial charge in [0.25, 0.3) is 10.1 Å². The first-order valence-electron chi connectivity index (χ1n) is 15.9.